The Morgan fingerprint density at radius 3 is 2.53 bits per heavy atom. The fraction of sp³-hybridized carbons (Fsp3) is 0.345. The molecule has 36 heavy (non-hydrogen) atoms. The van der Waals surface area contributed by atoms with E-state index in [1.54, 1.807) is 0 Å². The molecule has 2 unspecified atom stereocenters. The van der Waals surface area contributed by atoms with Crippen molar-refractivity contribution < 1.29 is 34.0 Å². The molecule has 2 aliphatic rings. The highest BCUT2D eigenvalue weighted by Crippen LogP contribution is 2.38. The Morgan fingerprint density at radius 1 is 1.00 bits per heavy atom. The highest BCUT2D eigenvalue weighted by molar-refractivity contribution is 5.72. The summed E-state index contributed by atoms with van der Waals surface area (Å²) in [4.78, 5) is 11.1. The topological polar surface area (TPSA) is 94.5 Å². The molecule has 0 bridgehead atoms. The van der Waals surface area contributed by atoms with Crippen molar-refractivity contribution in [1.82, 2.24) is 0 Å². The molecule has 0 aliphatic carbocycles. The number of ether oxygens (including phenoxy) is 4. The molecule has 7 heteroatoms. The first kappa shape index (κ1) is 24.2. The molecule has 0 amide bonds. The van der Waals surface area contributed by atoms with Gasteiger partial charge in [0.1, 0.15) is 36.1 Å². The lowest BCUT2D eigenvalue weighted by molar-refractivity contribution is -0.137. The van der Waals surface area contributed by atoms with Crippen molar-refractivity contribution in [2.75, 3.05) is 19.8 Å². The second-order valence-electron chi connectivity index (χ2n) is 9.49. The van der Waals surface area contributed by atoms with Crippen LogP contribution in [-0.4, -0.2) is 48.2 Å². The number of benzene rings is 3. The normalized spacial score (nSPS) is 20.6. The Kier molecular flexibility index (Phi) is 6.85. The van der Waals surface area contributed by atoms with Crippen molar-refractivity contribution >= 4 is 5.97 Å². The van der Waals surface area contributed by atoms with Gasteiger partial charge in [-0.2, -0.15) is 0 Å². The van der Waals surface area contributed by atoms with Gasteiger partial charge in [-0.15, -0.1) is 0 Å². The molecule has 1 saturated heterocycles. The minimum atomic E-state index is -0.827. The number of carboxylic acid groups (broad SMARTS) is 1. The average Bonchev–Trinajstić information content (AvgIpc) is 3.42. The molecule has 0 saturated carbocycles. The summed E-state index contributed by atoms with van der Waals surface area (Å²) in [6.45, 7) is 5.58. The molecular formula is C29H30O7. The van der Waals surface area contributed by atoms with Crippen LogP contribution in [0.15, 0.2) is 54.6 Å². The van der Waals surface area contributed by atoms with Crippen molar-refractivity contribution in [3.05, 3.63) is 76.9 Å². The number of fused-ring (bicyclic) bond motifs is 1. The lowest BCUT2D eigenvalue weighted by Crippen LogP contribution is -2.29. The van der Waals surface area contributed by atoms with Gasteiger partial charge in [0, 0.05) is 17.5 Å². The molecule has 0 spiro atoms. The fourth-order valence-corrected chi connectivity index (χ4v) is 4.97. The van der Waals surface area contributed by atoms with Gasteiger partial charge in [-0.1, -0.05) is 24.3 Å². The van der Waals surface area contributed by atoms with E-state index in [9.17, 15) is 9.90 Å². The highest BCUT2D eigenvalue weighted by atomic mass is 16.6. The molecular weight excluding hydrogens is 460 g/mol. The van der Waals surface area contributed by atoms with Crippen LogP contribution in [0.3, 0.4) is 0 Å². The maximum absolute atomic E-state index is 11.1. The molecule has 3 aromatic rings. The lowest BCUT2D eigenvalue weighted by atomic mass is 9.94. The summed E-state index contributed by atoms with van der Waals surface area (Å²) < 4.78 is 23.0. The molecule has 5 rings (SSSR count). The Morgan fingerprint density at radius 2 is 1.81 bits per heavy atom. The largest absolute Gasteiger partial charge is 0.492 e. The predicted molar refractivity (Wildman–Crippen MR) is 134 cm³/mol. The summed E-state index contributed by atoms with van der Waals surface area (Å²) >= 11 is 0. The van der Waals surface area contributed by atoms with Crippen LogP contribution < -0.4 is 14.2 Å². The van der Waals surface area contributed by atoms with Gasteiger partial charge in [0.05, 0.1) is 26.2 Å². The third-order valence-corrected chi connectivity index (χ3v) is 6.70. The minimum absolute atomic E-state index is 0.0584. The van der Waals surface area contributed by atoms with Crippen molar-refractivity contribution in [3.8, 4) is 28.4 Å². The Balaban J connectivity index is 1.28. The smallest absolute Gasteiger partial charge is 0.304 e. The summed E-state index contributed by atoms with van der Waals surface area (Å²) in [7, 11) is 0. The second kappa shape index (κ2) is 10.2. The van der Waals surface area contributed by atoms with Gasteiger partial charge in [-0.3, -0.25) is 4.79 Å². The highest BCUT2D eigenvalue weighted by Gasteiger charge is 2.28. The Hall–Kier alpha value is -3.55. The maximum Gasteiger partial charge on any atom is 0.304 e. The van der Waals surface area contributed by atoms with E-state index >= 15 is 0 Å². The van der Waals surface area contributed by atoms with Crippen LogP contribution in [0.25, 0.3) is 11.1 Å². The van der Waals surface area contributed by atoms with Crippen LogP contribution in [0.5, 0.6) is 17.2 Å². The molecule has 3 atom stereocenters. The van der Waals surface area contributed by atoms with Gasteiger partial charge in [0.25, 0.3) is 0 Å². The minimum Gasteiger partial charge on any atom is -0.492 e. The van der Waals surface area contributed by atoms with Crippen LogP contribution in [0.2, 0.25) is 0 Å². The van der Waals surface area contributed by atoms with Crippen molar-refractivity contribution in [2.24, 2.45) is 0 Å². The van der Waals surface area contributed by atoms with Crippen molar-refractivity contribution in [3.63, 3.8) is 0 Å². The number of rotatable bonds is 8. The zero-order valence-electron chi connectivity index (χ0n) is 20.4. The third-order valence-electron chi connectivity index (χ3n) is 6.70. The first-order valence-electron chi connectivity index (χ1n) is 12.1. The maximum atomic E-state index is 11.1. The molecule has 7 nitrogen and oxygen atoms in total. The van der Waals surface area contributed by atoms with Crippen LogP contribution >= 0.6 is 0 Å². The first-order valence-corrected chi connectivity index (χ1v) is 12.1. The number of carboxylic acids is 1. The number of aryl methyl sites for hydroxylation is 2. The lowest BCUT2D eigenvalue weighted by Gasteiger charge is -2.19. The second-order valence-corrected chi connectivity index (χ2v) is 9.49. The predicted octanol–water partition coefficient (Wildman–Crippen LogP) is 4.64. The molecule has 188 valence electrons. The number of aliphatic hydroxyl groups excluding tert-OH is 1. The van der Waals surface area contributed by atoms with Crippen LogP contribution in [0, 0.1) is 13.8 Å². The fourth-order valence-electron chi connectivity index (χ4n) is 4.97. The van der Waals surface area contributed by atoms with Crippen LogP contribution in [0.1, 0.15) is 34.6 Å². The molecule has 0 aromatic heterocycles. The SMILES string of the molecule is Cc1cc(O[C@H]2COCC2O)cc(C)c1-c1cccc(COc2ccc3c(c2)OCC3CC(=O)O)c1. The van der Waals surface area contributed by atoms with E-state index in [4.69, 9.17) is 24.1 Å². The van der Waals surface area contributed by atoms with E-state index in [1.165, 1.54) is 0 Å². The van der Waals surface area contributed by atoms with E-state index < -0.39 is 12.1 Å². The standard InChI is InChI=1S/C29H30O7/c1-17-8-23(36-27-16-33-15-25(27)30)9-18(2)29(17)20-5-3-4-19(10-20)13-34-22-6-7-24-21(11-28(31)32)14-35-26(24)12-22/h3-10,12,21,25,27,30H,11,13-16H2,1-2H3,(H,31,32)/t21?,25?,27-/m0/s1. The zero-order chi connectivity index (χ0) is 25.2. The van der Waals surface area contributed by atoms with E-state index in [-0.39, 0.29) is 18.4 Å². The van der Waals surface area contributed by atoms with Gasteiger partial charge in [-0.05, 0) is 65.9 Å². The van der Waals surface area contributed by atoms with E-state index in [0.717, 1.165) is 39.1 Å². The first-order chi connectivity index (χ1) is 17.4. The summed E-state index contributed by atoms with van der Waals surface area (Å²) in [6.07, 6.45) is -0.892. The molecule has 0 radical (unpaired) electrons. The van der Waals surface area contributed by atoms with Gasteiger partial charge < -0.3 is 29.2 Å². The van der Waals surface area contributed by atoms with Gasteiger partial charge in [0.15, 0.2) is 0 Å². The van der Waals surface area contributed by atoms with E-state index in [1.807, 2.05) is 42.5 Å². The summed E-state index contributed by atoms with van der Waals surface area (Å²) in [5, 5.41) is 19.1. The van der Waals surface area contributed by atoms with Crippen LogP contribution in [0.4, 0.5) is 0 Å². The quantitative estimate of drug-likeness (QED) is 0.475. The molecule has 2 aliphatic heterocycles. The molecule has 1 fully saturated rings. The van der Waals surface area contributed by atoms with E-state index in [2.05, 4.69) is 26.0 Å². The van der Waals surface area contributed by atoms with Gasteiger partial charge in [-0.25, -0.2) is 0 Å². The number of hydrogen-bond donors (Lipinski definition) is 2. The van der Waals surface area contributed by atoms with Gasteiger partial charge in [0.2, 0.25) is 0 Å². The van der Waals surface area contributed by atoms with Gasteiger partial charge >= 0.3 is 5.97 Å². The number of carbonyl (C=O) groups is 1. The van der Waals surface area contributed by atoms with Crippen LogP contribution in [-0.2, 0) is 16.1 Å². The average molecular weight is 491 g/mol. The Bertz CT molecular complexity index is 1250. The van der Waals surface area contributed by atoms with E-state index in [0.29, 0.717) is 37.9 Å². The summed E-state index contributed by atoms with van der Waals surface area (Å²) in [5.74, 6) is 1.15. The molecule has 3 aromatic carbocycles. The summed E-state index contributed by atoms with van der Waals surface area (Å²) in [5.41, 5.74) is 6.35. The number of hydrogen-bond acceptors (Lipinski definition) is 6. The van der Waals surface area contributed by atoms with Crippen molar-refractivity contribution in [2.45, 2.75) is 45.0 Å². The Labute approximate surface area is 210 Å². The summed E-state index contributed by atoms with van der Waals surface area (Å²) in [6, 6.07) is 17.8. The number of aliphatic carboxylic acids is 1. The molecule has 2 N–H and O–H groups in total. The van der Waals surface area contributed by atoms with Crippen molar-refractivity contribution in [1.29, 1.82) is 0 Å². The molecule has 2 heterocycles. The third kappa shape index (κ3) is 5.17. The monoisotopic (exact) mass is 490 g/mol. The number of aliphatic hydroxyl groups is 1. The zero-order valence-corrected chi connectivity index (χ0v) is 20.4.